The number of pyridine rings is 1. The van der Waals surface area contributed by atoms with E-state index in [0.29, 0.717) is 17.1 Å². The molecular weight excluding hydrogens is 427 g/mol. The summed E-state index contributed by atoms with van der Waals surface area (Å²) in [6, 6.07) is 23.1. The van der Waals surface area contributed by atoms with Crippen molar-refractivity contribution >= 4 is 34.9 Å². The zero-order valence-corrected chi connectivity index (χ0v) is 18.8. The van der Waals surface area contributed by atoms with Gasteiger partial charge in [-0.25, -0.2) is 0 Å². The summed E-state index contributed by atoms with van der Waals surface area (Å²) < 4.78 is 0. The Balaban J connectivity index is 0.00000231. The van der Waals surface area contributed by atoms with Crippen LogP contribution in [0.5, 0.6) is 5.75 Å². The van der Waals surface area contributed by atoms with Crippen molar-refractivity contribution in [2.75, 3.05) is 6.54 Å². The van der Waals surface area contributed by atoms with Crippen LogP contribution in [0.4, 0.5) is 0 Å². The number of halogens is 2. The van der Waals surface area contributed by atoms with Crippen molar-refractivity contribution in [3.8, 4) is 16.9 Å². The molecule has 2 heterocycles. The highest BCUT2D eigenvalue weighted by atomic mass is 35.5. The van der Waals surface area contributed by atoms with Crippen LogP contribution in [0.25, 0.3) is 22.0 Å². The molecule has 4 aromatic rings. The number of aromatic hydroxyl groups is 1. The molecule has 0 amide bonds. The number of fused-ring (bicyclic) bond motifs is 2. The van der Waals surface area contributed by atoms with Crippen molar-refractivity contribution in [3.05, 3.63) is 94.6 Å². The predicted molar refractivity (Wildman–Crippen MR) is 130 cm³/mol. The number of hydrogen-bond acceptors (Lipinski definition) is 3. The summed E-state index contributed by atoms with van der Waals surface area (Å²) in [5.74, 6) is 0.228. The first kappa shape index (κ1) is 21.6. The van der Waals surface area contributed by atoms with Gasteiger partial charge in [0.1, 0.15) is 11.3 Å². The second kappa shape index (κ2) is 8.88. The van der Waals surface area contributed by atoms with Gasteiger partial charge in [0.2, 0.25) is 0 Å². The van der Waals surface area contributed by atoms with Crippen LogP contribution in [-0.4, -0.2) is 21.5 Å². The van der Waals surface area contributed by atoms with Gasteiger partial charge in [0.05, 0.1) is 5.02 Å². The maximum Gasteiger partial charge on any atom is 0.146 e. The average Bonchev–Trinajstić information content (AvgIpc) is 2.79. The second-order valence-electron chi connectivity index (χ2n) is 7.94. The third-order valence-electron chi connectivity index (χ3n) is 6.19. The van der Waals surface area contributed by atoms with Gasteiger partial charge in [-0.3, -0.25) is 9.88 Å². The molecule has 1 aliphatic heterocycles. The van der Waals surface area contributed by atoms with Gasteiger partial charge in [-0.2, -0.15) is 0 Å². The molecule has 1 aliphatic rings. The van der Waals surface area contributed by atoms with Crippen molar-refractivity contribution in [3.63, 3.8) is 0 Å². The van der Waals surface area contributed by atoms with Gasteiger partial charge in [-0.1, -0.05) is 54.1 Å². The lowest BCUT2D eigenvalue weighted by Gasteiger charge is -2.36. The van der Waals surface area contributed by atoms with Crippen molar-refractivity contribution in [1.29, 1.82) is 0 Å². The van der Waals surface area contributed by atoms with Crippen molar-refractivity contribution in [1.82, 2.24) is 9.88 Å². The van der Waals surface area contributed by atoms with Gasteiger partial charge in [0.15, 0.2) is 0 Å². The molecule has 1 unspecified atom stereocenters. The Labute approximate surface area is 193 Å². The van der Waals surface area contributed by atoms with Gasteiger partial charge >= 0.3 is 0 Å². The molecule has 0 aliphatic carbocycles. The largest absolute Gasteiger partial charge is 0.505 e. The highest BCUT2D eigenvalue weighted by Crippen LogP contribution is 2.37. The molecule has 3 nitrogen and oxygen atoms in total. The van der Waals surface area contributed by atoms with Crippen LogP contribution < -0.4 is 0 Å². The van der Waals surface area contributed by atoms with Crippen LogP contribution in [0.2, 0.25) is 5.02 Å². The first-order valence-electron chi connectivity index (χ1n) is 10.3. The van der Waals surface area contributed by atoms with Gasteiger partial charge in [0, 0.05) is 36.3 Å². The topological polar surface area (TPSA) is 36.4 Å². The Morgan fingerprint density at radius 2 is 1.84 bits per heavy atom. The van der Waals surface area contributed by atoms with Crippen LogP contribution in [-0.2, 0) is 13.0 Å². The molecule has 3 aromatic carbocycles. The minimum atomic E-state index is 0. The van der Waals surface area contributed by atoms with E-state index in [1.54, 1.807) is 6.20 Å². The summed E-state index contributed by atoms with van der Waals surface area (Å²) in [7, 11) is 0. The van der Waals surface area contributed by atoms with E-state index in [2.05, 4.69) is 59.3 Å². The van der Waals surface area contributed by atoms with Crippen molar-refractivity contribution in [2.24, 2.45) is 0 Å². The molecule has 5 heteroatoms. The van der Waals surface area contributed by atoms with E-state index < -0.39 is 0 Å². The number of nitrogens with zero attached hydrogens (tertiary/aromatic N) is 2. The summed E-state index contributed by atoms with van der Waals surface area (Å²) in [4.78, 5) is 6.74. The van der Waals surface area contributed by atoms with E-state index in [0.717, 1.165) is 23.9 Å². The second-order valence-corrected chi connectivity index (χ2v) is 8.35. The maximum atomic E-state index is 10.8. The molecule has 0 saturated carbocycles. The summed E-state index contributed by atoms with van der Waals surface area (Å²) in [5, 5.41) is 12.2. The molecule has 0 fully saturated rings. The van der Waals surface area contributed by atoms with E-state index >= 15 is 0 Å². The molecule has 1 N–H and O–H groups in total. The molecule has 0 bridgehead atoms. The molecule has 1 atom stereocenters. The minimum absolute atomic E-state index is 0. The van der Waals surface area contributed by atoms with E-state index in [-0.39, 0.29) is 24.2 Å². The minimum Gasteiger partial charge on any atom is -0.505 e. The first-order valence-corrected chi connectivity index (χ1v) is 10.7. The Morgan fingerprint density at radius 3 is 2.65 bits per heavy atom. The molecule has 31 heavy (non-hydrogen) atoms. The molecular formula is C26H24Cl2N2O. The van der Waals surface area contributed by atoms with E-state index in [4.69, 9.17) is 11.6 Å². The van der Waals surface area contributed by atoms with E-state index in [9.17, 15) is 5.11 Å². The maximum absolute atomic E-state index is 10.8. The lowest BCUT2D eigenvalue weighted by molar-refractivity contribution is 0.188. The van der Waals surface area contributed by atoms with Crippen LogP contribution in [0.1, 0.15) is 29.7 Å². The van der Waals surface area contributed by atoms with Gasteiger partial charge in [-0.05, 0) is 59.9 Å². The predicted octanol–water partition coefficient (Wildman–Crippen LogP) is 6.80. The molecule has 0 spiro atoms. The number of rotatable bonds is 3. The quantitative estimate of drug-likeness (QED) is 0.372. The zero-order valence-electron chi connectivity index (χ0n) is 17.3. The highest BCUT2D eigenvalue weighted by Gasteiger charge is 2.25. The third-order valence-corrected chi connectivity index (χ3v) is 6.50. The SMILES string of the molecule is CC1c2cc(-c3ccccc3)ccc2CCN1Cc1cc(Cl)c2cccnc2c1O.Cl. The Kier molecular flexibility index (Phi) is 6.19. The fourth-order valence-electron chi connectivity index (χ4n) is 4.47. The molecule has 0 radical (unpaired) electrons. The fourth-order valence-corrected chi connectivity index (χ4v) is 4.75. The molecule has 5 rings (SSSR count). The summed E-state index contributed by atoms with van der Waals surface area (Å²) in [5.41, 5.74) is 6.61. The fraction of sp³-hybridized carbons (Fsp3) is 0.192. The first-order chi connectivity index (χ1) is 14.6. The van der Waals surface area contributed by atoms with Crippen molar-refractivity contribution in [2.45, 2.75) is 25.9 Å². The third kappa shape index (κ3) is 4.01. The van der Waals surface area contributed by atoms with Gasteiger partial charge in [0.25, 0.3) is 0 Å². The van der Waals surface area contributed by atoms with Crippen LogP contribution in [0.3, 0.4) is 0 Å². The number of phenols is 1. The van der Waals surface area contributed by atoms with Gasteiger partial charge in [-0.15, -0.1) is 12.4 Å². The molecule has 1 aromatic heterocycles. The normalized spacial score (nSPS) is 16.0. The zero-order chi connectivity index (χ0) is 20.7. The summed E-state index contributed by atoms with van der Waals surface area (Å²) >= 11 is 6.49. The lowest BCUT2D eigenvalue weighted by Crippen LogP contribution is -2.33. The highest BCUT2D eigenvalue weighted by molar-refractivity contribution is 6.35. The Morgan fingerprint density at radius 1 is 1.03 bits per heavy atom. The summed E-state index contributed by atoms with van der Waals surface area (Å²) in [6.45, 7) is 3.81. The van der Waals surface area contributed by atoms with Gasteiger partial charge < -0.3 is 5.11 Å². The Bertz CT molecular complexity index is 1230. The number of phenolic OH excluding ortho intramolecular Hbond substituents is 1. The number of aromatic nitrogens is 1. The van der Waals surface area contributed by atoms with Crippen LogP contribution in [0.15, 0.2) is 72.9 Å². The molecule has 158 valence electrons. The summed E-state index contributed by atoms with van der Waals surface area (Å²) in [6.07, 6.45) is 2.68. The number of benzene rings is 3. The lowest BCUT2D eigenvalue weighted by atomic mass is 9.90. The smallest absolute Gasteiger partial charge is 0.146 e. The standard InChI is InChI=1S/C26H23ClN2O.ClH/c1-17-23-14-20(18-6-3-2-4-7-18)10-9-19(23)11-13-29(17)16-21-15-24(27)22-8-5-12-28-25(22)26(21)30;/h2-10,12,14-15,17,30H,11,13,16H2,1H3;1H. The monoisotopic (exact) mass is 450 g/mol. The number of hydrogen-bond donors (Lipinski definition) is 1. The molecule has 0 saturated heterocycles. The average molecular weight is 451 g/mol. The van der Waals surface area contributed by atoms with Crippen LogP contribution >= 0.6 is 24.0 Å². The Hall–Kier alpha value is -2.59. The van der Waals surface area contributed by atoms with Crippen LogP contribution in [0, 0.1) is 0 Å². The van der Waals surface area contributed by atoms with E-state index in [1.807, 2.05) is 24.3 Å². The van der Waals surface area contributed by atoms with Crippen molar-refractivity contribution < 1.29 is 5.11 Å². The van der Waals surface area contributed by atoms with E-state index in [1.165, 1.54) is 22.3 Å².